The molecule has 0 radical (unpaired) electrons. The van der Waals surface area contributed by atoms with Crippen LogP contribution in [0, 0.1) is 12.8 Å². The van der Waals surface area contributed by atoms with Gasteiger partial charge in [0.05, 0.1) is 5.25 Å². The molecule has 21 heavy (non-hydrogen) atoms. The van der Waals surface area contributed by atoms with Crippen molar-refractivity contribution >= 4 is 9.84 Å². The van der Waals surface area contributed by atoms with Crippen LogP contribution in [0.25, 0.3) is 0 Å². The Morgan fingerprint density at radius 3 is 2.48 bits per heavy atom. The number of nitrogens with one attached hydrogen (secondary N) is 1. The number of hydrogen-bond donors (Lipinski definition) is 1. The number of aryl methyl sites for hydroxylation is 1. The Hall–Kier alpha value is -0.870. The van der Waals surface area contributed by atoms with Gasteiger partial charge >= 0.3 is 0 Å². The Morgan fingerprint density at radius 2 is 1.90 bits per heavy atom. The van der Waals surface area contributed by atoms with Gasteiger partial charge in [0, 0.05) is 12.3 Å². The van der Waals surface area contributed by atoms with E-state index >= 15 is 0 Å². The zero-order chi connectivity index (χ0) is 15.5. The minimum atomic E-state index is -2.92. The predicted octanol–water partition coefficient (Wildman–Crippen LogP) is 3.25. The van der Waals surface area contributed by atoms with Crippen molar-refractivity contribution in [2.24, 2.45) is 5.92 Å². The van der Waals surface area contributed by atoms with Gasteiger partial charge in [0.2, 0.25) is 0 Å². The third-order valence-corrected chi connectivity index (χ3v) is 6.24. The van der Waals surface area contributed by atoms with Gasteiger partial charge in [0.25, 0.3) is 0 Å². The van der Waals surface area contributed by atoms with Gasteiger partial charge in [0.15, 0.2) is 0 Å². The molecule has 3 unspecified atom stereocenters. The van der Waals surface area contributed by atoms with Crippen molar-refractivity contribution in [3.8, 4) is 0 Å². The average Bonchev–Trinajstić information content (AvgIpc) is 2.45. The highest BCUT2D eigenvalue weighted by atomic mass is 32.2. The summed E-state index contributed by atoms with van der Waals surface area (Å²) in [4.78, 5) is 0. The Labute approximate surface area is 129 Å². The fraction of sp³-hybridized carbons (Fsp3) is 0.647. The maximum atomic E-state index is 11.9. The lowest BCUT2D eigenvalue weighted by atomic mass is 9.80. The Kier molecular flexibility index (Phi) is 5.44. The molecule has 0 saturated heterocycles. The predicted molar refractivity (Wildman–Crippen MR) is 88.2 cm³/mol. The molecule has 0 bridgehead atoms. The molecular weight excluding hydrogens is 282 g/mol. The number of rotatable bonds is 5. The molecule has 118 valence electrons. The fourth-order valence-electron chi connectivity index (χ4n) is 3.42. The van der Waals surface area contributed by atoms with Gasteiger partial charge in [-0.1, -0.05) is 43.2 Å². The summed E-state index contributed by atoms with van der Waals surface area (Å²) >= 11 is 0. The largest absolute Gasteiger partial charge is 0.310 e. The maximum Gasteiger partial charge on any atom is 0.150 e. The van der Waals surface area contributed by atoms with Crippen LogP contribution in [0.2, 0.25) is 0 Å². The van der Waals surface area contributed by atoms with Crippen molar-refractivity contribution in [3.05, 3.63) is 35.4 Å². The van der Waals surface area contributed by atoms with Crippen molar-refractivity contribution < 1.29 is 8.42 Å². The molecule has 0 aromatic heterocycles. The van der Waals surface area contributed by atoms with Gasteiger partial charge in [0.1, 0.15) is 9.84 Å². The second-order valence-corrected chi connectivity index (χ2v) is 8.65. The van der Waals surface area contributed by atoms with Crippen LogP contribution in [0.15, 0.2) is 24.3 Å². The molecular formula is C17H27NO2S. The van der Waals surface area contributed by atoms with E-state index in [9.17, 15) is 8.42 Å². The van der Waals surface area contributed by atoms with Gasteiger partial charge in [-0.25, -0.2) is 8.42 Å². The molecule has 1 N–H and O–H groups in total. The smallest absolute Gasteiger partial charge is 0.150 e. The van der Waals surface area contributed by atoms with Crippen LogP contribution in [0.3, 0.4) is 0 Å². The molecule has 2 rings (SSSR count). The van der Waals surface area contributed by atoms with Crippen molar-refractivity contribution in [2.45, 2.75) is 50.8 Å². The standard InChI is InChI=1S/C17H27NO2S/c1-4-18-17(14-10-8-13(2)9-11-14)15-6-5-7-16(12-15)21(3,19)20/h8-11,15-18H,4-7,12H2,1-3H3. The van der Waals surface area contributed by atoms with Gasteiger partial charge in [-0.15, -0.1) is 0 Å². The van der Waals surface area contributed by atoms with Crippen LogP contribution < -0.4 is 5.32 Å². The zero-order valence-electron chi connectivity index (χ0n) is 13.3. The van der Waals surface area contributed by atoms with Crippen molar-refractivity contribution in [2.75, 3.05) is 12.8 Å². The van der Waals surface area contributed by atoms with Crippen LogP contribution in [-0.4, -0.2) is 26.5 Å². The van der Waals surface area contributed by atoms with Gasteiger partial charge in [-0.2, -0.15) is 0 Å². The highest BCUT2D eigenvalue weighted by Gasteiger charge is 2.33. The first-order chi connectivity index (χ1) is 9.91. The molecule has 4 heteroatoms. The third kappa shape index (κ3) is 4.30. The summed E-state index contributed by atoms with van der Waals surface area (Å²) < 4.78 is 23.7. The zero-order valence-corrected chi connectivity index (χ0v) is 14.1. The first kappa shape index (κ1) is 16.5. The third-order valence-electron chi connectivity index (χ3n) is 4.60. The lowest BCUT2D eigenvalue weighted by Gasteiger charge is -2.34. The first-order valence-corrected chi connectivity index (χ1v) is 9.86. The van der Waals surface area contributed by atoms with Crippen LogP contribution in [0.4, 0.5) is 0 Å². The highest BCUT2D eigenvalue weighted by molar-refractivity contribution is 7.91. The number of sulfone groups is 1. The minimum Gasteiger partial charge on any atom is -0.310 e. The highest BCUT2D eigenvalue weighted by Crippen LogP contribution is 2.36. The van der Waals surface area contributed by atoms with Gasteiger partial charge in [-0.05, 0) is 44.2 Å². The van der Waals surface area contributed by atoms with Crippen molar-refractivity contribution in [1.29, 1.82) is 0 Å². The Morgan fingerprint density at radius 1 is 1.24 bits per heavy atom. The average molecular weight is 309 g/mol. The molecule has 1 aromatic rings. The summed E-state index contributed by atoms with van der Waals surface area (Å²) in [5.41, 5.74) is 2.54. The molecule has 0 amide bonds. The van der Waals surface area contributed by atoms with Crippen LogP contribution >= 0.6 is 0 Å². The summed E-state index contributed by atoms with van der Waals surface area (Å²) in [6.45, 7) is 5.10. The van der Waals surface area contributed by atoms with E-state index in [2.05, 4.69) is 43.4 Å². The van der Waals surface area contributed by atoms with E-state index in [1.807, 2.05) is 0 Å². The fourth-order valence-corrected chi connectivity index (χ4v) is 4.61. The van der Waals surface area contributed by atoms with Gasteiger partial charge < -0.3 is 5.32 Å². The SMILES string of the molecule is CCNC(c1ccc(C)cc1)C1CCCC(S(C)(=O)=O)C1. The van der Waals surface area contributed by atoms with Crippen molar-refractivity contribution in [1.82, 2.24) is 5.32 Å². The van der Waals surface area contributed by atoms with E-state index in [1.54, 1.807) is 0 Å². The van der Waals surface area contributed by atoms with E-state index < -0.39 is 9.84 Å². The van der Waals surface area contributed by atoms with Crippen LogP contribution in [-0.2, 0) is 9.84 Å². The summed E-state index contributed by atoms with van der Waals surface area (Å²) in [5, 5.41) is 3.40. The Balaban J connectivity index is 2.19. The molecule has 1 saturated carbocycles. The summed E-state index contributed by atoms with van der Waals surface area (Å²) in [5.74, 6) is 0.404. The van der Waals surface area contributed by atoms with E-state index in [0.717, 1.165) is 32.2 Å². The molecule has 0 aliphatic heterocycles. The van der Waals surface area contributed by atoms with E-state index in [0.29, 0.717) is 5.92 Å². The molecule has 1 fully saturated rings. The van der Waals surface area contributed by atoms with E-state index in [-0.39, 0.29) is 11.3 Å². The summed E-state index contributed by atoms with van der Waals surface area (Å²) in [6, 6.07) is 8.88. The molecule has 3 atom stereocenters. The number of benzene rings is 1. The maximum absolute atomic E-state index is 11.9. The minimum absolute atomic E-state index is 0.164. The first-order valence-electron chi connectivity index (χ1n) is 7.90. The van der Waals surface area contributed by atoms with Gasteiger partial charge in [-0.3, -0.25) is 0 Å². The normalized spacial score (nSPS) is 24.7. The summed E-state index contributed by atoms with van der Waals surface area (Å²) in [7, 11) is -2.92. The molecule has 0 heterocycles. The van der Waals surface area contributed by atoms with Crippen LogP contribution in [0.1, 0.15) is 49.8 Å². The molecule has 1 aliphatic carbocycles. The van der Waals surface area contributed by atoms with Crippen molar-refractivity contribution in [3.63, 3.8) is 0 Å². The molecule has 1 aromatic carbocycles. The topological polar surface area (TPSA) is 46.2 Å². The lowest BCUT2D eigenvalue weighted by molar-refractivity contribution is 0.275. The van der Waals surface area contributed by atoms with Crippen LogP contribution in [0.5, 0.6) is 0 Å². The lowest BCUT2D eigenvalue weighted by Crippen LogP contribution is -2.35. The van der Waals surface area contributed by atoms with E-state index in [1.165, 1.54) is 17.4 Å². The molecule has 3 nitrogen and oxygen atoms in total. The molecule has 1 aliphatic rings. The quantitative estimate of drug-likeness (QED) is 0.908. The second-order valence-electron chi connectivity index (χ2n) is 6.32. The number of hydrogen-bond acceptors (Lipinski definition) is 3. The summed E-state index contributed by atoms with van der Waals surface area (Å²) in [6.07, 6.45) is 5.11. The van der Waals surface area contributed by atoms with E-state index in [4.69, 9.17) is 0 Å². The molecule has 0 spiro atoms. The second kappa shape index (κ2) is 6.93. The Bertz CT molecular complexity index is 551. The monoisotopic (exact) mass is 309 g/mol.